The van der Waals surface area contributed by atoms with Crippen LogP contribution >= 0.6 is 0 Å². The lowest BCUT2D eigenvalue weighted by atomic mass is 9.68. The zero-order valence-corrected chi connectivity index (χ0v) is 16.2. The number of quaternary nitrogens is 1. The first-order chi connectivity index (χ1) is 9.82. The first-order valence-electron chi connectivity index (χ1n) is 8.01. The Morgan fingerprint density at radius 3 is 2.05 bits per heavy atom. The Morgan fingerprint density at radius 1 is 1.18 bits per heavy atom. The third-order valence-electron chi connectivity index (χ3n) is 5.29. The van der Waals surface area contributed by atoms with Gasteiger partial charge in [-0.1, -0.05) is 44.2 Å². The lowest BCUT2D eigenvalue weighted by Crippen LogP contribution is -3.00. The van der Waals surface area contributed by atoms with Crippen molar-refractivity contribution in [1.29, 1.82) is 0 Å². The van der Waals surface area contributed by atoms with Crippen molar-refractivity contribution in [3.05, 3.63) is 35.9 Å². The van der Waals surface area contributed by atoms with Gasteiger partial charge >= 0.3 is 0 Å². The van der Waals surface area contributed by atoms with Gasteiger partial charge in [0.15, 0.2) is 0 Å². The summed E-state index contributed by atoms with van der Waals surface area (Å²) in [6.45, 7) is 11.7. The molecule has 4 heteroatoms. The fourth-order valence-electron chi connectivity index (χ4n) is 3.04. The van der Waals surface area contributed by atoms with E-state index in [-0.39, 0.29) is 28.8 Å². The number of halogens is 1. The van der Waals surface area contributed by atoms with E-state index in [1.54, 1.807) is 0 Å². The number of benzene rings is 1. The Hall–Kier alpha value is -0.870. The average molecular weight is 371 g/mol. The molecule has 2 N–H and O–H groups in total. The highest BCUT2D eigenvalue weighted by molar-refractivity contribution is 5.87. The molecular weight excluding hydrogens is 340 g/mol. The molecule has 0 heterocycles. The molecule has 1 rings (SSSR count). The summed E-state index contributed by atoms with van der Waals surface area (Å²) in [5, 5.41) is 0. The summed E-state index contributed by atoms with van der Waals surface area (Å²) in [5.74, 6) is -0.0259. The normalized spacial score (nSPS) is 14.3. The number of rotatable bonds is 8. The van der Waals surface area contributed by atoms with Crippen molar-refractivity contribution in [3.63, 3.8) is 0 Å². The molecule has 0 fully saturated rings. The highest BCUT2D eigenvalue weighted by Crippen LogP contribution is 2.36. The summed E-state index contributed by atoms with van der Waals surface area (Å²) in [7, 11) is 2.25. The number of amides is 1. The Kier molecular flexibility index (Phi) is 8.34. The van der Waals surface area contributed by atoms with E-state index in [1.807, 2.05) is 30.3 Å². The molecule has 0 aromatic heterocycles. The predicted octanol–water partition coefficient (Wildman–Crippen LogP) is -0.0538. The molecule has 22 heavy (non-hydrogen) atoms. The molecule has 126 valence electrons. The van der Waals surface area contributed by atoms with Gasteiger partial charge in [0.05, 0.1) is 32.1 Å². The molecule has 0 aliphatic carbocycles. The van der Waals surface area contributed by atoms with Crippen LogP contribution in [0.25, 0.3) is 0 Å². The molecular formula is C18H31BrN2O. The molecule has 0 saturated carbocycles. The molecule has 0 bridgehead atoms. The number of hydrogen-bond acceptors (Lipinski definition) is 1. The second-order valence-corrected chi connectivity index (χ2v) is 6.58. The van der Waals surface area contributed by atoms with Gasteiger partial charge in [0.25, 0.3) is 0 Å². The smallest absolute Gasteiger partial charge is 0.228 e. The molecule has 1 unspecified atom stereocenters. The van der Waals surface area contributed by atoms with Gasteiger partial charge < -0.3 is 27.2 Å². The van der Waals surface area contributed by atoms with Gasteiger partial charge in [0.2, 0.25) is 5.91 Å². The van der Waals surface area contributed by atoms with Crippen LogP contribution in [0.5, 0.6) is 0 Å². The maximum atomic E-state index is 12.4. The minimum atomic E-state index is -0.578. The van der Waals surface area contributed by atoms with Crippen molar-refractivity contribution in [3.8, 4) is 0 Å². The fourth-order valence-corrected chi connectivity index (χ4v) is 3.04. The molecule has 1 amide bonds. The van der Waals surface area contributed by atoms with Crippen molar-refractivity contribution in [2.45, 2.75) is 39.5 Å². The molecule has 3 nitrogen and oxygen atoms in total. The van der Waals surface area contributed by atoms with Gasteiger partial charge in [0, 0.05) is 6.42 Å². The van der Waals surface area contributed by atoms with E-state index in [1.165, 1.54) is 0 Å². The second kappa shape index (κ2) is 8.68. The van der Waals surface area contributed by atoms with Gasteiger partial charge in [-0.15, -0.1) is 0 Å². The van der Waals surface area contributed by atoms with Gasteiger partial charge in [-0.05, 0) is 25.3 Å². The van der Waals surface area contributed by atoms with Crippen LogP contribution < -0.4 is 22.7 Å². The number of hydrogen-bond donors (Lipinski definition) is 1. The molecule has 1 atom stereocenters. The Bertz CT molecular complexity index is 457. The maximum Gasteiger partial charge on any atom is 0.228 e. The van der Waals surface area contributed by atoms with Crippen molar-refractivity contribution in [2.75, 3.05) is 26.7 Å². The molecule has 0 radical (unpaired) electrons. The monoisotopic (exact) mass is 370 g/mol. The zero-order chi connectivity index (χ0) is 16.1. The van der Waals surface area contributed by atoms with Crippen LogP contribution in [0.1, 0.15) is 39.7 Å². The summed E-state index contributed by atoms with van der Waals surface area (Å²) in [6, 6.07) is 10.0. The number of nitrogens with two attached hydrogens (primary N) is 1. The van der Waals surface area contributed by atoms with Crippen LogP contribution in [-0.4, -0.2) is 37.1 Å². The Balaban J connectivity index is 0.00000441. The molecule has 0 aliphatic rings. The van der Waals surface area contributed by atoms with Gasteiger partial charge in [-0.2, -0.15) is 0 Å². The second-order valence-electron chi connectivity index (χ2n) is 6.58. The van der Waals surface area contributed by atoms with Crippen molar-refractivity contribution >= 4 is 5.91 Å². The zero-order valence-electron chi connectivity index (χ0n) is 14.6. The topological polar surface area (TPSA) is 43.1 Å². The van der Waals surface area contributed by atoms with Crippen molar-refractivity contribution in [1.82, 2.24) is 0 Å². The molecule has 0 spiro atoms. The van der Waals surface area contributed by atoms with Gasteiger partial charge in [0.1, 0.15) is 0 Å². The average Bonchev–Trinajstić information content (AvgIpc) is 2.48. The van der Waals surface area contributed by atoms with Crippen LogP contribution in [0.4, 0.5) is 0 Å². The minimum absolute atomic E-state index is 0. The van der Waals surface area contributed by atoms with Crippen LogP contribution in [0.2, 0.25) is 0 Å². The summed E-state index contributed by atoms with van der Waals surface area (Å²) in [5.41, 5.74) is 6.34. The third kappa shape index (κ3) is 4.32. The van der Waals surface area contributed by atoms with E-state index in [9.17, 15) is 4.79 Å². The maximum absolute atomic E-state index is 12.4. The first kappa shape index (κ1) is 21.1. The van der Waals surface area contributed by atoms with E-state index in [0.29, 0.717) is 0 Å². The largest absolute Gasteiger partial charge is 1.00 e. The number of nitrogens with zero attached hydrogens (tertiary/aromatic N) is 1. The molecule has 0 saturated heterocycles. The predicted molar refractivity (Wildman–Crippen MR) is 88.9 cm³/mol. The highest BCUT2D eigenvalue weighted by Gasteiger charge is 2.43. The third-order valence-corrected chi connectivity index (χ3v) is 5.29. The first-order valence-corrected chi connectivity index (χ1v) is 8.01. The van der Waals surface area contributed by atoms with E-state index in [2.05, 4.69) is 34.7 Å². The lowest BCUT2D eigenvalue weighted by molar-refractivity contribution is -0.906. The summed E-state index contributed by atoms with van der Waals surface area (Å²) in [4.78, 5) is 12.4. The Labute approximate surface area is 146 Å². The quantitative estimate of drug-likeness (QED) is 0.640. The lowest BCUT2D eigenvalue weighted by Gasteiger charge is -2.40. The van der Waals surface area contributed by atoms with Crippen molar-refractivity contribution < 1.29 is 26.3 Å². The van der Waals surface area contributed by atoms with Crippen LogP contribution in [0.15, 0.2) is 30.3 Å². The Morgan fingerprint density at radius 2 is 1.68 bits per heavy atom. The summed E-state index contributed by atoms with van der Waals surface area (Å²) in [6.07, 6.45) is 0.794. The summed E-state index contributed by atoms with van der Waals surface area (Å²) < 4.78 is 0.967. The van der Waals surface area contributed by atoms with Gasteiger partial charge in [-0.25, -0.2) is 0 Å². The standard InChI is InChI=1S/C18H30N2O.BrH/c1-6-20(5,7-2)14-13-18(15(3)4,17(19)21)16-11-9-8-10-12-16;/h8-12,15H,6-7,13-14H2,1-5H3,(H-,19,21);1H. The van der Waals surface area contributed by atoms with Crippen LogP contribution in [0.3, 0.4) is 0 Å². The number of carbonyl (C=O) groups excluding carboxylic acids is 1. The number of carbonyl (C=O) groups is 1. The SMILES string of the molecule is CC[N+](C)(CC)CCC(C(N)=O)(c1ccccc1)C(C)C.[Br-]. The number of primary amides is 1. The van der Waals surface area contributed by atoms with E-state index >= 15 is 0 Å². The fraction of sp³-hybridized carbons (Fsp3) is 0.611. The highest BCUT2D eigenvalue weighted by atomic mass is 79.9. The van der Waals surface area contributed by atoms with Crippen molar-refractivity contribution in [2.24, 2.45) is 11.7 Å². The van der Waals surface area contributed by atoms with E-state index < -0.39 is 5.41 Å². The van der Waals surface area contributed by atoms with E-state index in [4.69, 9.17) is 5.73 Å². The molecule has 0 aliphatic heterocycles. The molecule has 1 aromatic carbocycles. The van der Waals surface area contributed by atoms with E-state index in [0.717, 1.165) is 36.1 Å². The summed E-state index contributed by atoms with van der Waals surface area (Å²) >= 11 is 0. The minimum Gasteiger partial charge on any atom is -1.00 e. The van der Waals surface area contributed by atoms with Gasteiger partial charge in [-0.3, -0.25) is 4.79 Å². The van der Waals surface area contributed by atoms with Crippen LogP contribution in [0, 0.1) is 5.92 Å². The molecule has 1 aromatic rings. The van der Waals surface area contributed by atoms with Crippen LogP contribution in [-0.2, 0) is 10.2 Å².